The summed E-state index contributed by atoms with van der Waals surface area (Å²) < 4.78 is 0. The molecular formula is C15H32Cl2N4O2. The van der Waals surface area contributed by atoms with E-state index in [0.717, 1.165) is 19.5 Å². The van der Waals surface area contributed by atoms with Crippen LogP contribution in [0.25, 0.3) is 0 Å². The van der Waals surface area contributed by atoms with Gasteiger partial charge in [0.15, 0.2) is 0 Å². The zero-order valence-corrected chi connectivity index (χ0v) is 16.2. The first-order valence-corrected chi connectivity index (χ1v) is 7.85. The van der Waals surface area contributed by atoms with Crippen molar-refractivity contribution in [3.05, 3.63) is 0 Å². The molecule has 0 aromatic carbocycles. The van der Waals surface area contributed by atoms with Crippen LogP contribution in [0.5, 0.6) is 0 Å². The van der Waals surface area contributed by atoms with Gasteiger partial charge < -0.3 is 16.0 Å². The Kier molecular flexibility index (Phi) is 12.8. The lowest BCUT2D eigenvalue weighted by Gasteiger charge is -2.35. The summed E-state index contributed by atoms with van der Waals surface area (Å²) in [5.41, 5.74) is 5.95. The van der Waals surface area contributed by atoms with Crippen LogP contribution in [0.2, 0.25) is 0 Å². The van der Waals surface area contributed by atoms with Crippen LogP contribution in [0.1, 0.15) is 34.1 Å². The van der Waals surface area contributed by atoms with Gasteiger partial charge in [-0.2, -0.15) is 0 Å². The molecule has 0 bridgehead atoms. The molecule has 1 fully saturated rings. The van der Waals surface area contributed by atoms with Crippen molar-refractivity contribution in [1.82, 2.24) is 15.1 Å². The Balaban J connectivity index is 0. The van der Waals surface area contributed by atoms with Crippen LogP contribution in [0, 0.1) is 5.92 Å². The number of hydrogen-bond acceptors (Lipinski definition) is 4. The number of piperazine rings is 1. The molecule has 0 aliphatic carbocycles. The van der Waals surface area contributed by atoms with E-state index in [9.17, 15) is 9.59 Å². The van der Waals surface area contributed by atoms with E-state index in [1.807, 2.05) is 18.7 Å². The van der Waals surface area contributed by atoms with E-state index in [2.05, 4.69) is 24.1 Å². The Hall–Kier alpha value is -0.560. The zero-order valence-electron chi connectivity index (χ0n) is 14.6. The minimum absolute atomic E-state index is 0. The lowest BCUT2D eigenvalue weighted by Crippen LogP contribution is -2.54. The summed E-state index contributed by atoms with van der Waals surface area (Å²) in [6.07, 6.45) is 0.718. The van der Waals surface area contributed by atoms with Gasteiger partial charge in [-0.05, 0) is 26.2 Å². The molecule has 1 aliphatic heterocycles. The number of nitrogens with one attached hydrogen (secondary N) is 1. The standard InChI is InChI=1S/C15H30N4O2.2ClH/c1-11(2)9-13(16)15(21)19-7-5-18(6-8-19)10-14(20)17-12(3)4;;/h11-13H,5-10,16H2,1-4H3,(H,17,20);2*1H/t13-;;/m0../s1. The van der Waals surface area contributed by atoms with Gasteiger partial charge in [-0.1, -0.05) is 13.8 Å². The zero-order chi connectivity index (χ0) is 16.0. The van der Waals surface area contributed by atoms with Crippen molar-refractivity contribution in [2.24, 2.45) is 11.7 Å². The number of carbonyl (C=O) groups excluding carboxylic acids is 2. The lowest BCUT2D eigenvalue weighted by molar-refractivity contribution is -0.135. The third-order valence-corrected chi connectivity index (χ3v) is 3.54. The molecule has 0 radical (unpaired) electrons. The van der Waals surface area contributed by atoms with Crippen LogP contribution in [0.4, 0.5) is 0 Å². The second kappa shape index (κ2) is 11.9. The van der Waals surface area contributed by atoms with Crippen LogP contribution in [0.15, 0.2) is 0 Å². The molecule has 0 aromatic rings. The Morgan fingerprint density at radius 3 is 2.00 bits per heavy atom. The van der Waals surface area contributed by atoms with Gasteiger partial charge in [0.25, 0.3) is 0 Å². The van der Waals surface area contributed by atoms with Crippen molar-refractivity contribution in [3.63, 3.8) is 0 Å². The largest absolute Gasteiger partial charge is 0.353 e. The van der Waals surface area contributed by atoms with E-state index < -0.39 is 6.04 Å². The van der Waals surface area contributed by atoms with Gasteiger partial charge in [-0.3, -0.25) is 14.5 Å². The SMILES string of the molecule is CC(C)C[C@H](N)C(=O)N1CCN(CC(=O)NC(C)C)CC1.Cl.Cl. The fourth-order valence-corrected chi connectivity index (χ4v) is 2.54. The first kappa shape index (κ1) is 24.7. The maximum atomic E-state index is 12.2. The smallest absolute Gasteiger partial charge is 0.239 e. The third kappa shape index (κ3) is 9.35. The summed E-state index contributed by atoms with van der Waals surface area (Å²) in [4.78, 5) is 27.8. The predicted molar refractivity (Wildman–Crippen MR) is 98.2 cm³/mol. The highest BCUT2D eigenvalue weighted by Crippen LogP contribution is 2.08. The summed E-state index contributed by atoms with van der Waals surface area (Å²) in [5.74, 6) is 0.501. The van der Waals surface area contributed by atoms with E-state index in [-0.39, 0.29) is 42.7 Å². The van der Waals surface area contributed by atoms with E-state index in [0.29, 0.717) is 25.6 Å². The highest BCUT2D eigenvalue weighted by atomic mass is 35.5. The Labute approximate surface area is 152 Å². The summed E-state index contributed by atoms with van der Waals surface area (Å²) in [6, 6.07) is -0.241. The lowest BCUT2D eigenvalue weighted by atomic mass is 10.0. The molecule has 8 heteroatoms. The average Bonchev–Trinajstić information content (AvgIpc) is 2.36. The first-order valence-electron chi connectivity index (χ1n) is 7.85. The number of carbonyl (C=O) groups is 2. The minimum atomic E-state index is -0.402. The van der Waals surface area contributed by atoms with Crippen LogP contribution in [-0.2, 0) is 9.59 Å². The van der Waals surface area contributed by atoms with Gasteiger partial charge in [0.2, 0.25) is 11.8 Å². The maximum Gasteiger partial charge on any atom is 0.239 e. The number of amides is 2. The van der Waals surface area contributed by atoms with Crippen molar-refractivity contribution in [2.75, 3.05) is 32.7 Å². The molecule has 1 saturated heterocycles. The molecule has 0 spiro atoms. The Morgan fingerprint density at radius 2 is 1.57 bits per heavy atom. The molecule has 0 unspecified atom stereocenters. The summed E-state index contributed by atoms with van der Waals surface area (Å²) in [7, 11) is 0. The molecule has 1 atom stereocenters. The molecule has 1 rings (SSSR count). The molecule has 2 amide bonds. The number of hydrogen-bond donors (Lipinski definition) is 2. The Bertz CT molecular complexity index is 359. The first-order chi connectivity index (χ1) is 9.79. The highest BCUT2D eigenvalue weighted by molar-refractivity contribution is 5.85. The van der Waals surface area contributed by atoms with Crippen LogP contribution in [-0.4, -0.2) is 66.4 Å². The van der Waals surface area contributed by atoms with Crippen molar-refractivity contribution in [2.45, 2.75) is 46.2 Å². The number of rotatable bonds is 6. The van der Waals surface area contributed by atoms with E-state index in [4.69, 9.17) is 5.73 Å². The van der Waals surface area contributed by atoms with Crippen molar-refractivity contribution >= 4 is 36.6 Å². The molecule has 0 aromatic heterocycles. The summed E-state index contributed by atoms with van der Waals surface area (Å²) in [6.45, 7) is 11.2. The molecule has 1 heterocycles. The average molecular weight is 371 g/mol. The fraction of sp³-hybridized carbons (Fsp3) is 0.867. The van der Waals surface area contributed by atoms with Gasteiger partial charge in [-0.25, -0.2) is 0 Å². The fourth-order valence-electron chi connectivity index (χ4n) is 2.54. The second-order valence-corrected chi connectivity index (χ2v) is 6.56. The molecule has 3 N–H and O–H groups in total. The van der Waals surface area contributed by atoms with Gasteiger partial charge >= 0.3 is 0 Å². The van der Waals surface area contributed by atoms with E-state index in [1.165, 1.54) is 0 Å². The van der Waals surface area contributed by atoms with Crippen molar-refractivity contribution < 1.29 is 9.59 Å². The third-order valence-electron chi connectivity index (χ3n) is 3.54. The number of nitrogens with zero attached hydrogens (tertiary/aromatic N) is 2. The van der Waals surface area contributed by atoms with Gasteiger partial charge in [-0.15, -0.1) is 24.8 Å². The number of halogens is 2. The monoisotopic (exact) mass is 370 g/mol. The Morgan fingerprint density at radius 1 is 1.04 bits per heavy atom. The second-order valence-electron chi connectivity index (χ2n) is 6.56. The normalized spacial score (nSPS) is 16.6. The summed E-state index contributed by atoms with van der Waals surface area (Å²) >= 11 is 0. The van der Waals surface area contributed by atoms with Crippen LogP contribution < -0.4 is 11.1 Å². The van der Waals surface area contributed by atoms with Crippen LogP contribution >= 0.6 is 24.8 Å². The van der Waals surface area contributed by atoms with Gasteiger partial charge in [0, 0.05) is 32.2 Å². The molecular weight excluding hydrogens is 339 g/mol. The van der Waals surface area contributed by atoms with E-state index >= 15 is 0 Å². The molecule has 138 valence electrons. The maximum absolute atomic E-state index is 12.2. The van der Waals surface area contributed by atoms with Crippen molar-refractivity contribution in [3.8, 4) is 0 Å². The number of nitrogens with two attached hydrogens (primary N) is 1. The topological polar surface area (TPSA) is 78.7 Å². The van der Waals surface area contributed by atoms with Gasteiger partial charge in [0.1, 0.15) is 0 Å². The van der Waals surface area contributed by atoms with Crippen molar-refractivity contribution in [1.29, 1.82) is 0 Å². The molecule has 6 nitrogen and oxygen atoms in total. The highest BCUT2D eigenvalue weighted by Gasteiger charge is 2.26. The molecule has 23 heavy (non-hydrogen) atoms. The van der Waals surface area contributed by atoms with Gasteiger partial charge in [0.05, 0.1) is 12.6 Å². The van der Waals surface area contributed by atoms with E-state index in [1.54, 1.807) is 0 Å². The molecule has 1 aliphatic rings. The summed E-state index contributed by atoms with van der Waals surface area (Å²) in [5, 5.41) is 2.88. The quantitative estimate of drug-likeness (QED) is 0.726. The predicted octanol–water partition coefficient (Wildman–Crippen LogP) is 0.872. The van der Waals surface area contributed by atoms with Crippen LogP contribution in [0.3, 0.4) is 0 Å². The molecule has 0 saturated carbocycles. The minimum Gasteiger partial charge on any atom is -0.353 e.